The largest absolute Gasteiger partial charge is 0.360 e. The van der Waals surface area contributed by atoms with Gasteiger partial charge in [0.2, 0.25) is 0 Å². The molecule has 0 radical (unpaired) electrons. The van der Waals surface area contributed by atoms with Crippen LogP contribution in [0.25, 0.3) is 0 Å². The van der Waals surface area contributed by atoms with Crippen molar-refractivity contribution in [1.82, 2.24) is 25.6 Å². The molecule has 0 saturated carbocycles. The molecule has 2 N–H and O–H groups in total. The van der Waals surface area contributed by atoms with E-state index in [1.54, 1.807) is 6.20 Å². The van der Waals surface area contributed by atoms with Crippen molar-refractivity contribution in [3.63, 3.8) is 0 Å². The number of aromatic amines is 1. The maximum absolute atomic E-state index is 10.3. The maximum Gasteiger partial charge on any atom is 0.182 e. The first-order valence-corrected chi connectivity index (χ1v) is 5.97. The Morgan fingerprint density at radius 2 is 2.62 bits per heavy atom. The summed E-state index contributed by atoms with van der Waals surface area (Å²) in [5.41, 5.74) is 0. The van der Waals surface area contributed by atoms with Crippen LogP contribution in [-0.4, -0.2) is 32.2 Å². The summed E-state index contributed by atoms with van der Waals surface area (Å²) >= 11 is 2.34. The summed E-state index contributed by atoms with van der Waals surface area (Å²) in [7, 11) is 0. The van der Waals surface area contributed by atoms with Gasteiger partial charge in [-0.1, -0.05) is 0 Å². The number of rotatable bonds is 6. The van der Waals surface area contributed by atoms with E-state index in [0.717, 1.165) is 17.1 Å². The van der Waals surface area contributed by atoms with Crippen LogP contribution in [0.5, 0.6) is 0 Å². The van der Waals surface area contributed by atoms with E-state index in [-0.39, 0.29) is 5.25 Å². The lowest BCUT2D eigenvalue weighted by Crippen LogP contribution is -2.10. The molecule has 16 heavy (non-hydrogen) atoms. The molecule has 0 fully saturated rings. The number of hydrogen-bond donors (Lipinski definition) is 2. The predicted octanol–water partition coefficient (Wildman–Crippen LogP) is 1.22. The lowest BCUT2D eigenvalue weighted by atomic mass is 10.4. The molecule has 0 aliphatic rings. The number of nitrogens with zero attached hydrogens (tertiary/aromatic N) is 5. The molecule has 0 bridgehead atoms. The minimum Gasteiger partial charge on any atom is -0.360 e. The lowest BCUT2D eigenvalue weighted by molar-refractivity contribution is 0.879. The summed E-state index contributed by atoms with van der Waals surface area (Å²) in [6.45, 7) is 0.473. The SMILES string of the molecule is O=NSC(CNc1nccs1)c1nnn[nH]1. The van der Waals surface area contributed by atoms with Gasteiger partial charge in [0.25, 0.3) is 0 Å². The summed E-state index contributed by atoms with van der Waals surface area (Å²) in [4.78, 5) is 14.3. The molecule has 1 unspecified atom stereocenters. The van der Waals surface area contributed by atoms with Crippen molar-refractivity contribution in [2.24, 2.45) is 4.58 Å². The standard InChI is InChI=1S/C6H7N7OS2/c14-13-16-4(5-9-11-12-10-5)3-8-6-7-1-2-15-6/h1-2,4H,3H2,(H,7,8)(H,9,10,11,12). The van der Waals surface area contributed by atoms with Crippen LogP contribution in [0.3, 0.4) is 0 Å². The molecule has 0 amide bonds. The third kappa shape index (κ3) is 2.73. The lowest BCUT2D eigenvalue weighted by Gasteiger charge is -2.08. The zero-order valence-electron chi connectivity index (χ0n) is 7.90. The minimum atomic E-state index is -0.253. The third-order valence-electron chi connectivity index (χ3n) is 1.71. The van der Waals surface area contributed by atoms with Gasteiger partial charge in [0, 0.05) is 34.7 Å². The van der Waals surface area contributed by atoms with Gasteiger partial charge in [-0.3, -0.25) is 0 Å². The Bertz CT molecular complexity index is 416. The molecule has 2 aromatic heterocycles. The molecule has 0 aliphatic carbocycles. The first kappa shape index (κ1) is 11.0. The number of hydrogen-bond acceptors (Lipinski definition) is 9. The monoisotopic (exact) mass is 257 g/mol. The molecule has 2 aromatic rings. The second-order valence-electron chi connectivity index (χ2n) is 2.67. The van der Waals surface area contributed by atoms with E-state index in [1.165, 1.54) is 11.3 Å². The van der Waals surface area contributed by atoms with Gasteiger partial charge in [-0.15, -0.1) is 21.3 Å². The minimum absolute atomic E-state index is 0.253. The van der Waals surface area contributed by atoms with Crippen molar-refractivity contribution < 1.29 is 0 Å². The summed E-state index contributed by atoms with van der Waals surface area (Å²) in [5, 5.41) is 18.7. The van der Waals surface area contributed by atoms with E-state index in [9.17, 15) is 4.91 Å². The van der Waals surface area contributed by atoms with E-state index < -0.39 is 0 Å². The van der Waals surface area contributed by atoms with Crippen LogP contribution in [-0.2, 0) is 0 Å². The Labute approximate surface area is 98.4 Å². The number of anilines is 1. The zero-order valence-corrected chi connectivity index (χ0v) is 9.53. The second-order valence-corrected chi connectivity index (χ2v) is 4.50. The molecular formula is C6H7N7OS2. The van der Waals surface area contributed by atoms with E-state index in [1.807, 2.05) is 5.38 Å². The Morgan fingerprint density at radius 1 is 1.69 bits per heavy atom. The number of nitrogens with one attached hydrogen (secondary N) is 2. The van der Waals surface area contributed by atoms with Crippen LogP contribution in [0, 0.1) is 4.91 Å². The average Bonchev–Trinajstić information content (AvgIpc) is 2.96. The summed E-state index contributed by atoms with van der Waals surface area (Å²) in [6.07, 6.45) is 1.70. The van der Waals surface area contributed by atoms with Gasteiger partial charge in [0.1, 0.15) is 5.25 Å². The molecule has 0 aromatic carbocycles. The van der Waals surface area contributed by atoms with Gasteiger partial charge in [-0.25, -0.2) is 10.1 Å². The first-order chi connectivity index (χ1) is 7.90. The van der Waals surface area contributed by atoms with Gasteiger partial charge < -0.3 is 5.32 Å². The zero-order chi connectivity index (χ0) is 11.2. The molecule has 1 atom stereocenters. The highest BCUT2D eigenvalue weighted by molar-refractivity contribution is 7.98. The van der Waals surface area contributed by atoms with Crippen LogP contribution in [0.4, 0.5) is 5.13 Å². The van der Waals surface area contributed by atoms with Crippen LogP contribution >= 0.6 is 23.3 Å². The summed E-state index contributed by atoms with van der Waals surface area (Å²) in [5.74, 6) is 0.508. The average molecular weight is 257 g/mol. The molecule has 84 valence electrons. The normalized spacial score (nSPS) is 12.2. The fourth-order valence-electron chi connectivity index (χ4n) is 1.03. The molecule has 0 spiro atoms. The number of thiazole rings is 1. The molecule has 0 aliphatic heterocycles. The summed E-state index contributed by atoms with van der Waals surface area (Å²) < 4.78 is 2.79. The van der Waals surface area contributed by atoms with Gasteiger partial charge in [0.05, 0.1) is 0 Å². The van der Waals surface area contributed by atoms with Crippen LogP contribution in [0.2, 0.25) is 0 Å². The van der Waals surface area contributed by atoms with Crippen molar-refractivity contribution in [2.75, 3.05) is 11.9 Å². The van der Waals surface area contributed by atoms with E-state index >= 15 is 0 Å². The quantitative estimate of drug-likeness (QED) is 0.591. The molecule has 2 heterocycles. The molecule has 2 rings (SSSR count). The number of H-pyrrole nitrogens is 1. The van der Waals surface area contributed by atoms with Gasteiger partial charge in [0.15, 0.2) is 11.0 Å². The van der Waals surface area contributed by atoms with Crippen molar-refractivity contribution in [3.05, 3.63) is 22.3 Å². The van der Waals surface area contributed by atoms with Gasteiger partial charge >= 0.3 is 0 Å². The van der Waals surface area contributed by atoms with Crippen molar-refractivity contribution in [1.29, 1.82) is 0 Å². The third-order valence-corrected chi connectivity index (χ3v) is 3.17. The fourth-order valence-corrected chi connectivity index (χ4v) is 2.03. The number of nitroso groups, excluding NO2 is 1. The predicted molar refractivity (Wildman–Crippen MR) is 60.9 cm³/mol. The highest BCUT2D eigenvalue weighted by Gasteiger charge is 2.17. The Balaban J connectivity index is 1.95. The van der Waals surface area contributed by atoms with Crippen molar-refractivity contribution >= 4 is 28.4 Å². The van der Waals surface area contributed by atoms with E-state index in [2.05, 4.69) is 35.5 Å². The number of aromatic nitrogens is 5. The Hall–Kier alpha value is -1.55. The Kier molecular flexibility index (Phi) is 3.77. The second kappa shape index (κ2) is 5.51. The fraction of sp³-hybridized carbons (Fsp3) is 0.333. The smallest absolute Gasteiger partial charge is 0.182 e. The summed E-state index contributed by atoms with van der Waals surface area (Å²) in [6, 6.07) is 0. The highest BCUT2D eigenvalue weighted by Crippen LogP contribution is 2.26. The molecule has 8 nitrogen and oxygen atoms in total. The Morgan fingerprint density at radius 3 is 3.25 bits per heavy atom. The van der Waals surface area contributed by atoms with E-state index in [4.69, 9.17) is 0 Å². The highest BCUT2D eigenvalue weighted by atomic mass is 32.2. The van der Waals surface area contributed by atoms with Crippen LogP contribution in [0.1, 0.15) is 11.1 Å². The van der Waals surface area contributed by atoms with Gasteiger partial charge in [-0.2, -0.15) is 0 Å². The first-order valence-electron chi connectivity index (χ1n) is 4.25. The topological polar surface area (TPSA) is 109 Å². The number of tetrazole rings is 1. The maximum atomic E-state index is 10.3. The van der Waals surface area contributed by atoms with Crippen LogP contribution < -0.4 is 5.32 Å². The molecule has 0 saturated heterocycles. The van der Waals surface area contributed by atoms with Crippen molar-refractivity contribution in [2.45, 2.75) is 5.25 Å². The van der Waals surface area contributed by atoms with Gasteiger partial charge in [-0.05, 0) is 10.4 Å². The molecule has 10 heteroatoms. The van der Waals surface area contributed by atoms with Crippen molar-refractivity contribution in [3.8, 4) is 0 Å². The van der Waals surface area contributed by atoms with E-state index in [0.29, 0.717) is 12.4 Å². The van der Waals surface area contributed by atoms with Crippen LogP contribution in [0.15, 0.2) is 16.2 Å². The molecular weight excluding hydrogens is 250 g/mol.